The Bertz CT molecular complexity index is 787. The second kappa shape index (κ2) is 6.86. The topological polar surface area (TPSA) is 107 Å². The van der Waals surface area contributed by atoms with Crippen molar-refractivity contribution in [2.75, 3.05) is 14.1 Å². The summed E-state index contributed by atoms with van der Waals surface area (Å²) in [4.78, 5) is 34.9. The van der Waals surface area contributed by atoms with Crippen LogP contribution in [0.3, 0.4) is 0 Å². The lowest BCUT2D eigenvalue weighted by Gasteiger charge is -2.21. The van der Waals surface area contributed by atoms with Crippen molar-refractivity contribution in [2.45, 2.75) is 5.92 Å². The maximum Gasteiger partial charge on any atom is 0.273 e. The van der Waals surface area contributed by atoms with Gasteiger partial charge in [-0.25, -0.2) is 0 Å². The Kier molecular flexibility index (Phi) is 4.88. The highest BCUT2D eigenvalue weighted by Crippen LogP contribution is 2.33. The van der Waals surface area contributed by atoms with E-state index in [1.54, 1.807) is 20.2 Å². The second-order valence-electron chi connectivity index (χ2n) is 5.33. The molecule has 0 saturated heterocycles. The summed E-state index contributed by atoms with van der Waals surface area (Å²) in [6.45, 7) is 0. The van der Waals surface area contributed by atoms with E-state index in [1.165, 1.54) is 47.4 Å². The van der Waals surface area contributed by atoms with Crippen molar-refractivity contribution in [2.24, 2.45) is 0 Å². The Labute approximate surface area is 137 Å². The highest BCUT2D eigenvalue weighted by atomic mass is 16.6. The van der Waals surface area contributed by atoms with Crippen LogP contribution >= 0.6 is 0 Å². The fourth-order valence-corrected chi connectivity index (χ4v) is 2.40. The number of rotatable bonds is 5. The third-order valence-electron chi connectivity index (χ3n) is 3.57. The van der Waals surface area contributed by atoms with Gasteiger partial charge in [-0.05, 0) is 5.56 Å². The normalized spacial score (nSPS) is 11.6. The Morgan fingerprint density at radius 3 is 2.04 bits per heavy atom. The zero-order valence-electron chi connectivity index (χ0n) is 13.1. The van der Waals surface area contributed by atoms with Gasteiger partial charge >= 0.3 is 0 Å². The smallest absolute Gasteiger partial charge is 0.273 e. The molecule has 1 atom stereocenters. The van der Waals surface area contributed by atoms with Crippen LogP contribution in [0.1, 0.15) is 17.0 Å². The Balaban J connectivity index is 2.60. The van der Waals surface area contributed by atoms with Crippen molar-refractivity contribution in [1.29, 1.82) is 0 Å². The molecule has 0 aromatic heterocycles. The minimum atomic E-state index is -0.914. The van der Waals surface area contributed by atoms with E-state index >= 15 is 0 Å². The maximum atomic E-state index is 12.6. The van der Waals surface area contributed by atoms with Gasteiger partial charge in [-0.2, -0.15) is 0 Å². The van der Waals surface area contributed by atoms with Gasteiger partial charge in [-0.15, -0.1) is 0 Å². The number of carbonyl (C=O) groups excluding carboxylic acids is 1. The maximum absolute atomic E-state index is 12.6. The molecule has 0 N–H and O–H groups in total. The van der Waals surface area contributed by atoms with E-state index in [1.807, 2.05) is 0 Å². The molecule has 0 aliphatic heterocycles. The Morgan fingerprint density at radius 1 is 0.958 bits per heavy atom. The molecule has 0 aliphatic carbocycles. The van der Waals surface area contributed by atoms with Crippen LogP contribution < -0.4 is 0 Å². The Hall–Kier alpha value is -3.29. The molecular weight excluding hydrogens is 314 g/mol. The second-order valence-corrected chi connectivity index (χ2v) is 5.33. The van der Waals surface area contributed by atoms with Crippen LogP contribution in [0.15, 0.2) is 48.5 Å². The molecule has 0 spiro atoms. The summed E-state index contributed by atoms with van der Waals surface area (Å²) in [7, 11) is 3.10. The number of nitrogens with zero attached hydrogens (tertiary/aromatic N) is 3. The van der Waals surface area contributed by atoms with Gasteiger partial charge in [-0.1, -0.05) is 30.3 Å². The number of benzene rings is 2. The van der Waals surface area contributed by atoms with Crippen LogP contribution in [0, 0.1) is 20.2 Å². The zero-order chi connectivity index (χ0) is 17.9. The van der Waals surface area contributed by atoms with E-state index in [-0.39, 0.29) is 22.8 Å². The molecule has 124 valence electrons. The van der Waals surface area contributed by atoms with E-state index in [0.29, 0.717) is 5.56 Å². The number of nitro benzene ring substituents is 2. The first-order valence-electron chi connectivity index (χ1n) is 7.01. The number of para-hydroxylation sites is 1. The van der Waals surface area contributed by atoms with Crippen LogP contribution in [0.2, 0.25) is 0 Å². The predicted octanol–water partition coefficient (Wildman–Crippen LogP) is 2.72. The van der Waals surface area contributed by atoms with Crippen molar-refractivity contribution in [3.63, 3.8) is 0 Å². The molecule has 0 radical (unpaired) electrons. The van der Waals surface area contributed by atoms with Crippen molar-refractivity contribution in [3.8, 4) is 0 Å². The number of non-ortho nitro benzene ring substituents is 1. The average molecular weight is 329 g/mol. The number of hydrogen-bond acceptors (Lipinski definition) is 5. The quantitative estimate of drug-likeness (QED) is 0.619. The van der Waals surface area contributed by atoms with Crippen LogP contribution in [0.4, 0.5) is 11.4 Å². The first kappa shape index (κ1) is 17.1. The molecule has 24 heavy (non-hydrogen) atoms. The SMILES string of the molecule is CN(C)C(=O)C(c1ccc([N+](=O)[O-])cc1)c1ccccc1[N+](=O)[O-]. The van der Waals surface area contributed by atoms with Crippen LogP contribution in [0.25, 0.3) is 0 Å². The molecule has 0 bridgehead atoms. The molecule has 2 aromatic rings. The van der Waals surface area contributed by atoms with Crippen molar-refractivity contribution in [1.82, 2.24) is 4.90 Å². The fraction of sp³-hybridized carbons (Fsp3) is 0.188. The predicted molar refractivity (Wildman–Crippen MR) is 86.7 cm³/mol. The van der Waals surface area contributed by atoms with E-state index in [4.69, 9.17) is 0 Å². The summed E-state index contributed by atoms with van der Waals surface area (Å²) >= 11 is 0. The van der Waals surface area contributed by atoms with Gasteiger partial charge in [0.25, 0.3) is 11.4 Å². The molecule has 0 fully saturated rings. The average Bonchev–Trinajstić information content (AvgIpc) is 2.55. The van der Waals surface area contributed by atoms with Crippen molar-refractivity contribution < 1.29 is 14.6 Å². The summed E-state index contributed by atoms with van der Waals surface area (Å²) in [5.74, 6) is -1.26. The highest BCUT2D eigenvalue weighted by Gasteiger charge is 2.30. The molecule has 0 heterocycles. The molecule has 8 heteroatoms. The summed E-state index contributed by atoms with van der Waals surface area (Å²) in [6.07, 6.45) is 0. The fourth-order valence-electron chi connectivity index (χ4n) is 2.40. The summed E-state index contributed by atoms with van der Waals surface area (Å²) in [6, 6.07) is 11.4. The molecule has 2 rings (SSSR count). The van der Waals surface area contributed by atoms with Gasteiger partial charge in [0, 0.05) is 37.9 Å². The van der Waals surface area contributed by atoms with Crippen molar-refractivity contribution >= 4 is 17.3 Å². The van der Waals surface area contributed by atoms with E-state index in [2.05, 4.69) is 0 Å². The highest BCUT2D eigenvalue weighted by molar-refractivity contribution is 5.88. The van der Waals surface area contributed by atoms with E-state index in [9.17, 15) is 25.0 Å². The first-order valence-corrected chi connectivity index (χ1v) is 7.01. The third kappa shape index (κ3) is 3.37. The third-order valence-corrected chi connectivity index (χ3v) is 3.57. The summed E-state index contributed by atoms with van der Waals surface area (Å²) < 4.78 is 0. The van der Waals surface area contributed by atoms with Gasteiger partial charge in [0.05, 0.1) is 15.8 Å². The van der Waals surface area contributed by atoms with Gasteiger partial charge in [-0.3, -0.25) is 25.0 Å². The first-order chi connectivity index (χ1) is 11.3. The van der Waals surface area contributed by atoms with Gasteiger partial charge in [0.15, 0.2) is 0 Å². The van der Waals surface area contributed by atoms with E-state index in [0.717, 1.165) is 0 Å². The lowest BCUT2D eigenvalue weighted by Crippen LogP contribution is -2.29. The molecule has 8 nitrogen and oxygen atoms in total. The number of nitro groups is 2. The summed E-state index contributed by atoms with van der Waals surface area (Å²) in [5, 5.41) is 22.1. The number of hydrogen-bond donors (Lipinski definition) is 0. The molecule has 1 amide bonds. The number of amides is 1. The van der Waals surface area contributed by atoms with Gasteiger partial charge in [0.1, 0.15) is 0 Å². The van der Waals surface area contributed by atoms with Gasteiger partial charge in [0.2, 0.25) is 5.91 Å². The molecule has 1 unspecified atom stereocenters. The lowest BCUT2D eigenvalue weighted by atomic mass is 9.89. The monoisotopic (exact) mass is 329 g/mol. The standard InChI is InChI=1S/C16H15N3O5/c1-17(2)16(20)15(11-7-9-12(10-8-11)18(21)22)13-5-3-4-6-14(13)19(23)24/h3-10,15H,1-2H3. The largest absolute Gasteiger partial charge is 0.348 e. The van der Waals surface area contributed by atoms with Crippen LogP contribution in [-0.2, 0) is 4.79 Å². The zero-order valence-corrected chi connectivity index (χ0v) is 13.1. The lowest BCUT2D eigenvalue weighted by molar-refractivity contribution is -0.385. The van der Waals surface area contributed by atoms with Crippen molar-refractivity contribution in [3.05, 3.63) is 79.9 Å². The van der Waals surface area contributed by atoms with Crippen LogP contribution in [-0.4, -0.2) is 34.7 Å². The molecule has 0 saturated carbocycles. The van der Waals surface area contributed by atoms with Gasteiger partial charge < -0.3 is 4.90 Å². The van der Waals surface area contributed by atoms with E-state index < -0.39 is 15.8 Å². The van der Waals surface area contributed by atoms with Crippen LogP contribution in [0.5, 0.6) is 0 Å². The minimum Gasteiger partial charge on any atom is -0.348 e. The minimum absolute atomic E-state index is 0.114. The molecular formula is C16H15N3O5. The molecule has 2 aromatic carbocycles. The number of likely N-dealkylation sites (N-methyl/N-ethyl adjacent to an activating group) is 1. The molecule has 0 aliphatic rings. The number of carbonyl (C=O) groups is 1. The summed E-state index contributed by atoms with van der Waals surface area (Å²) in [5.41, 5.74) is 0.414. The Morgan fingerprint density at radius 2 is 1.54 bits per heavy atom.